The van der Waals surface area contributed by atoms with Gasteiger partial charge in [0.25, 0.3) is 0 Å². The van der Waals surface area contributed by atoms with Crippen molar-refractivity contribution < 1.29 is 0 Å². The average molecular weight is 260 g/mol. The Morgan fingerprint density at radius 3 is 3.11 bits per heavy atom. The van der Waals surface area contributed by atoms with E-state index in [1.807, 2.05) is 17.5 Å². The molecule has 4 N–H and O–H groups in total. The average Bonchev–Trinajstić information content (AvgIpc) is 3.11. The van der Waals surface area contributed by atoms with Gasteiger partial charge in [-0.1, -0.05) is 6.07 Å². The van der Waals surface area contributed by atoms with Gasteiger partial charge in [0.1, 0.15) is 5.82 Å². The van der Waals surface area contributed by atoms with Crippen molar-refractivity contribution in [3.8, 4) is 10.7 Å². The van der Waals surface area contributed by atoms with E-state index in [-0.39, 0.29) is 6.04 Å². The van der Waals surface area contributed by atoms with Crippen LogP contribution in [0.15, 0.2) is 30.0 Å². The molecule has 3 heterocycles. The second-order valence-electron chi connectivity index (χ2n) is 3.91. The molecule has 0 amide bonds. The SMILES string of the molecule is N[C@@H](Cc1cnc[nH]1)c1nc(-c2cccs2)n[nH]1. The van der Waals surface area contributed by atoms with Crippen molar-refractivity contribution in [2.45, 2.75) is 12.5 Å². The topological polar surface area (TPSA) is 96.3 Å². The number of nitrogens with zero attached hydrogens (tertiary/aromatic N) is 3. The normalized spacial score (nSPS) is 12.7. The Bertz CT molecular complexity index is 597. The Kier molecular flexibility index (Phi) is 2.91. The maximum absolute atomic E-state index is 6.07. The number of rotatable bonds is 4. The van der Waals surface area contributed by atoms with Gasteiger partial charge >= 0.3 is 0 Å². The fourth-order valence-corrected chi connectivity index (χ4v) is 2.34. The zero-order chi connectivity index (χ0) is 12.4. The van der Waals surface area contributed by atoms with Crippen LogP contribution >= 0.6 is 11.3 Å². The summed E-state index contributed by atoms with van der Waals surface area (Å²) in [5.74, 6) is 1.38. The maximum Gasteiger partial charge on any atom is 0.191 e. The fourth-order valence-electron chi connectivity index (χ4n) is 1.69. The van der Waals surface area contributed by atoms with E-state index in [4.69, 9.17) is 5.73 Å². The molecule has 0 saturated carbocycles. The molecule has 6 nitrogen and oxygen atoms in total. The first-order chi connectivity index (χ1) is 8.83. The molecule has 7 heteroatoms. The highest BCUT2D eigenvalue weighted by Crippen LogP contribution is 2.21. The first kappa shape index (κ1) is 11.1. The van der Waals surface area contributed by atoms with E-state index < -0.39 is 0 Å². The molecule has 0 aliphatic rings. The maximum atomic E-state index is 6.07. The summed E-state index contributed by atoms with van der Waals surface area (Å²) in [6.45, 7) is 0. The van der Waals surface area contributed by atoms with Crippen LogP contribution in [0.4, 0.5) is 0 Å². The summed E-state index contributed by atoms with van der Waals surface area (Å²) >= 11 is 1.60. The molecule has 0 aliphatic heterocycles. The highest BCUT2D eigenvalue weighted by atomic mass is 32.1. The summed E-state index contributed by atoms with van der Waals surface area (Å²) in [7, 11) is 0. The van der Waals surface area contributed by atoms with E-state index in [1.54, 1.807) is 23.9 Å². The molecule has 0 saturated heterocycles. The van der Waals surface area contributed by atoms with Gasteiger partial charge in [-0.15, -0.1) is 11.3 Å². The Balaban J connectivity index is 1.77. The van der Waals surface area contributed by atoms with E-state index in [9.17, 15) is 0 Å². The molecule has 18 heavy (non-hydrogen) atoms. The number of hydrogen-bond acceptors (Lipinski definition) is 5. The van der Waals surface area contributed by atoms with E-state index in [1.165, 1.54) is 0 Å². The largest absolute Gasteiger partial charge is 0.348 e. The third-order valence-electron chi connectivity index (χ3n) is 2.59. The van der Waals surface area contributed by atoms with Gasteiger partial charge in [-0.2, -0.15) is 5.10 Å². The summed E-state index contributed by atoms with van der Waals surface area (Å²) in [6, 6.07) is 3.74. The van der Waals surface area contributed by atoms with Gasteiger partial charge in [0.05, 0.1) is 17.2 Å². The molecule has 0 radical (unpaired) electrons. The number of nitrogens with two attached hydrogens (primary N) is 1. The molecular weight excluding hydrogens is 248 g/mol. The molecule has 92 valence electrons. The Labute approximate surface area is 107 Å². The first-order valence-corrected chi connectivity index (χ1v) is 6.40. The van der Waals surface area contributed by atoms with Crippen molar-refractivity contribution in [2.24, 2.45) is 5.73 Å². The van der Waals surface area contributed by atoms with Crippen LogP contribution in [-0.4, -0.2) is 25.1 Å². The van der Waals surface area contributed by atoms with Gasteiger partial charge in [0.2, 0.25) is 0 Å². The fraction of sp³-hybridized carbons (Fsp3) is 0.182. The third-order valence-corrected chi connectivity index (χ3v) is 3.46. The molecule has 0 aromatic carbocycles. The van der Waals surface area contributed by atoms with Gasteiger partial charge in [-0.25, -0.2) is 9.97 Å². The highest BCUT2D eigenvalue weighted by molar-refractivity contribution is 7.13. The third kappa shape index (κ3) is 2.18. The summed E-state index contributed by atoms with van der Waals surface area (Å²) in [5, 5.41) is 9.07. The van der Waals surface area contributed by atoms with Crippen molar-refractivity contribution >= 4 is 11.3 Å². The molecule has 3 aromatic rings. The molecule has 3 aromatic heterocycles. The predicted octanol–water partition coefficient (Wildman–Crippen LogP) is 1.50. The monoisotopic (exact) mass is 260 g/mol. The van der Waals surface area contributed by atoms with Gasteiger partial charge in [0, 0.05) is 18.3 Å². The second-order valence-corrected chi connectivity index (χ2v) is 4.86. The van der Waals surface area contributed by atoms with Crippen molar-refractivity contribution in [1.29, 1.82) is 0 Å². The first-order valence-electron chi connectivity index (χ1n) is 5.52. The zero-order valence-corrected chi connectivity index (χ0v) is 10.3. The zero-order valence-electron chi connectivity index (χ0n) is 9.50. The molecule has 0 bridgehead atoms. The van der Waals surface area contributed by atoms with Crippen LogP contribution in [0.2, 0.25) is 0 Å². The Morgan fingerprint density at radius 2 is 2.39 bits per heavy atom. The van der Waals surface area contributed by atoms with Gasteiger partial charge in [-0.05, 0) is 11.4 Å². The molecule has 0 spiro atoms. The number of thiophene rings is 1. The van der Waals surface area contributed by atoms with Crippen molar-refractivity contribution in [3.63, 3.8) is 0 Å². The summed E-state index contributed by atoms with van der Waals surface area (Å²) < 4.78 is 0. The van der Waals surface area contributed by atoms with Crippen LogP contribution in [0, 0.1) is 0 Å². The minimum atomic E-state index is -0.216. The van der Waals surface area contributed by atoms with Crippen LogP contribution in [0.1, 0.15) is 17.6 Å². The van der Waals surface area contributed by atoms with Crippen molar-refractivity contribution in [3.05, 3.63) is 41.6 Å². The Hall–Kier alpha value is -1.99. The lowest BCUT2D eigenvalue weighted by Gasteiger charge is -2.05. The highest BCUT2D eigenvalue weighted by Gasteiger charge is 2.14. The lowest BCUT2D eigenvalue weighted by Crippen LogP contribution is -2.15. The lowest BCUT2D eigenvalue weighted by atomic mass is 10.2. The number of imidazole rings is 1. The van der Waals surface area contributed by atoms with Gasteiger partial charge in [-0.3, -0.25) is 5.10 Å². The minimum absolute atomic E-state index is 0.216. The molecular formula is C11H12N6S. The summed E-state index contributed by atoms with van der Waals surface area (Å²) in [4.78, 5) is 12.4. The van der Waals surface area contributed by atoms with Crippen LogP contribution in [0.3, 0.4) is 0 Å². The number of nitrogens with one attached hydrogen (secondary N) is 2. The summed E-state index contributed by atoms with van der Waals surface area (Å²) in [5.41, 5.74) is 7.06. The van der Waals surface area contributed by atoms with Crippen molar-refractivity contribution in [2.75, 3.05) is 0 Å². The van der Waals surface area contributed by atoms with E-state index in [0.29, 0.717) is 18.1 Å². The van der Waals surface area contributed by atoms with E-state index in [2.05, 4.69) is 25.1 Å². The predicted molar refractivity (Wildman–Crippen MR) is 68.9 cm³/mol. The summed E-state index contributed by atoms with van der Waals surface area (Å²) in [6.07, 6.45) is 4.05. The molecule has 1 atom stereocenters. The lowest BCUT2D eigenvalue weighted by molar-refractivity contribution is 0.662. The van der Waals surface area contributed by atoms with Crippen LogP contribution in [0.25, 0.3) is 10.7 Å². The van der Waals surface area contributed by atoms with Gasteiger partial charge < -0.3 is 10.7 Å². The molecule has 0 unspecified atom stereocenters. The number of aromatic amines is 2. The quantitative estimate of drug-likeness (QED) is 0.662. The van der Waals surface area contributed by atoms with Crippen LogP contribution in [-0.2, 0) is 6.42 Å². The second kappa shape index (κ2) is 4.71. The minimum Gasteiger partial charge on any atom is -0.348 e. The Morgan fingerprint density at radius 1 is 1.44 bits per heavy atom. The van der Waals surface area contributed by atoms with E-state index >= 15 is 0 Å². The van der Waals surface area contributed by atoms with Crippen LogP contribution < -0.4 is 5.73 Å². The van der Waals surface area contributed by atoms with Crippen molar-refractivity contribution in [1.82, 2.24) is 25.1 Å². The number of aromatic nitrogens is 5. The standard InChI is InChI=1S/C11H12N6S/c12-8(4-7-5-13-6-14-7)10-15-11(17-16-10)9-2-1-3-18-9/h1-3,5-6,8H,4,12H2,(H,13,14)(H,15,16,17)/t8-/m0/s1. The van der Waals surface area contributed by atoms with Gasteiger partial charge in [0.15, 0.2) is 5.82 Å². The smallest absolute Gasteiger partial charge is 0.191 e. The molecule has 3 rings (SSSR count). The molecule has 0 fully saturated rings. The molecule has 0 aliphatic carbocycles. The van der Waals surface area contributed by atoms with E-state index in [0.717, 1.165) is 10.6 Å². The number of hydrogen-bond donors (Lipinski definition) is 3. The number of H-pyrrole nitrogens is 2. The van der Waals surface area contributed by atoms with Crippen LogP contribution in [0.5, 0.6) is 0 Å².